The molecule has 0 aliphatic heterocycles. The van der Waals surface area contributed by atoms with Crippen molar-refractivity contribution in [3.05, 3.63) is 29.8 Å². The Morgan fingerprint density at radius 1 is 1.21 bits per heavy atom. The van der Waals surface area contributed by atoms with Gasteiger partial charge in [-0.05, 0) is 61.8 Å². The minimum atomic E-state index is 0.744. The van der Waals surface area contributed by atoms with Crippen LogP contribution >= 0.6 is 0 Å². The topological polar surface area (TPSA) is 21.3 Å². The zero-order valence-electron chi connectivity index (χ0n) is 12.5. The van der Waals surface area contributed by atoms with E-state index in [1.165, 1.54) is 31.2 Å². The molecule has 1 aromatic rings. The maximum atomic E-state index is 5.21. The Balaban J connectivity index is 1.88. The molecule has 2 rings (SSSR count). The highest BCUT2D eigenvalue weighted by Crippen LogP contribution is 2.22. The van der Waals surface area contributed by atoms with Gasteiger partial charge in [0.05, 0.1) is 7.11 Å². The highest BCUT2D eigenvalue weighted by atomic mass is 16.5. The SMILES string of the molecule is COc1ccc(CC(CNC2CC2)CC(C)C)cc1. The lowest BCUT2D eigenvalue weighted by Gasteiger charge is -2.20. The Hall–Kier alpha value is -1.02. The van der Waals surface area contributed by atoms with Crippen molar-refractivity contribution in [1.82, 2.24) is 5.32 Å². The molecule has 2 nitrogen and oxygen atoms in total. The maximum Gasteiger partial charge on any atom is 0.118 e. The first kappa shape index (κ1) is 14.4. The Morgan fingerprint density at radius 2 is 1.89 bits per heavy atom. The highest BCUT2D eigenvalue weighted by Gasteiger charge is 2.22. The molecule has 2 heteroatoms. The summed E-state index contributed by atoms with van der Waals surface area (Å²) in [5, 5.41) is 3.68. The predicted molar refractivity (Wildman–Crippen MR) is 80.7 cm³/mol. The average molecular weight is 261 g/mol. The van der Waals surface area contributed by atoms with Crippen LogP contribution in [0.2, 0.25) is 0 Å². The molecule has 106 valence electrons. The van der Waals surface area contributed by atoms with Gasteiger partial charge in [-0.2, -0.15) is 0 Å². The summed E-state index contributed by atoms with van der Waals surface area (Å²) in [7, 11) is 1.72. The van der Waals surface area contributed by atoms with Gasteiger partial charge < -0.3 is 10.1 Å². The van der Waals surface area contributed by atoms with Gasteiger partial charge in [0.1, 0.15) is 5.75 Å². The predicted octanol–water partition coefficient (Wildman–Crippen LogP) is 3.65. The van der Waals surface area contributed by atoms with Gasteiger partial charge in [-0.15, -0.1) is 0 Å². The van der Waals surface area contributed by atoms with E-state index in [-0.39, 0.29) is 0 Å². The second-order valence-corrected chi connectivity index (χ2v) is 6.23. The third-order valence-electron chi connectivity index (χ3n) is 3.76. The van der Waals surface area contributed by atoms with Gasteiger partial charge in [0.15, 0.2) is 0 Å². The Morgan fingerprint density at radius 3 is 2.42 bits per heavy atom. The van der Waals surface area contributed by atoms with Crippen LogP contribution in [-0.2, 0) is 6.42 Å². The van der Waals surface area contributed by atoms with Gasteiger partial charge >= 0.3 is 0 Å². The molecule has 1 aliphatic carbocycles. The smallest absolute Gasteiger partial charge is 0.118 e. The summed E-state index contributed by atoms with van der Waals surface area (Å²) in [6.07, 6.45) is 5.21. The van der Waals surface area contributed by atoms with Crippen molar-refractivity contribution < 1.29 is 4.74 Å². The minimum Gasteiger partial charge on any atom is -0.497 e. The van der Waals surface area contributed by atoms with Crippen molar-refractivity contribution in [2.75, 3.05) is 13.7 Å². The lowest BCUT2D eigenvalue weighted by Crippen LogP contribution is -2.27. The van der Waals surface area contributed by atoms with E-state index in [9.17, 15) is 0 Å². The van der Waals surface area contributed by atoms with Gasteiger partial charge in [-0.1, -0.05) is 26.0 Å². The summed E-state index contributed by atoms with van der Waals surface area (Å²) in [4.78, 5) is 0. The van der Waals surface area contributed by atoms with E-state index in [4.69, 9.17) is 4.74 Å². The fourth-order valence-electron chi connectivity index (χ4n) is 2.62. The molecule has 0 aromatic heterocycles. The quantitative estimate of drug-likeness (QED) is 0.771. The number of nitrogens with one attached hydrogen (secondary N) is 1. The van der Waals surface area contributed by atoms with E-state index >= 15 is 0 Å². The number of methoxy groups -OCH3 is 1. The Labute approximate surface area is 117 Å². The van der Waals surface area contributed by atoms with E-state index in [1.54, 1.807) is 7.11 Å². The summed E-state index contributed by atoms with van der Waals surface area (Å²) in [6.45, 7) is 5.80. The molecule has 1 fully saturated rings. The lowest BCUT2D eigenvalue weighted by atomic mass is 9.91. The lowest BCUT2D eigenvalue weighted by molar-refractivity contribution is 0.383. The molecule has 1 N–H and O–H groups in total. The Kier molecular flexibility index (Phi) is 5.26. The van der Waals surface area contributed by atoms with Crippen LogP contribution in [0.15, 0.2) is 24.3 Å². The fraction of sp³-hybridized carbons (Fsp3) is 0.647. The van der Waals surface area contributed by atoms with Crippen molar-refractivity contribution in [3.63, 3.8) is 0 Å². The second kappa shape index (κ2) is 6.95. The summed E-state index contributed by atoms with van der Waals surface area (Å²) in [5.41, 5.74) is 1.42. The third kappa shape index (κ3) is 5.23. The van der Waals surface area contributed by atoms with Gasteiger partial charge in [0, 0.05) is 6.04 Å². The van der Waals surface area contributed by atoms with Crippen LogP contribution < -0.4 is 10.1 Å². The minimum absolute atomic E-state index is 0.744. The van der Waals surface area contributed by atoms with E-state index in [1.807, 2.05) is 0 Å². The standard InChI is InChI=1S/C17H27NO/c1-13(2)10-15(12-18-16-6-7-16)11-14-4-8-17(19-3)9-5-14/h4-5,8-9,13,15-16,18H,6-7,10-12H2,1-3H3. The molecule has 1 saturated carbocycles. The zero-order valence-corrected chi connectivity index (χ0v) is 12.5. The van der Waals surface area contributed by atoms with Crippen molar-refractivity contribution in [2.24, 2.45) is 11.8 Å². The summed E-state index contributed by atoms with van der Waals surface area (Å²) < 4.78 is 5.21. The van der Waals surface area contributed by atoms with Crippen LogP contribution in [0, 0.1) is 11.8 Å². The van der Waals surface area contributed by atoms with E-state index in [0.29, 0.717) is 0 Å². The van der Waals surface area contributed by atoms with E-state index < -0.39 is 0 Å². The first-order valence-corrected chi connectivity index (χ1v) is 7.53. The molecule has 0 amide bonds. The van der Waals surface area contributed by atoms with Gasteiger partial charge in [0.2, 0.25) is 0 Å². The maximum absolute atomic E-state index is 5.21. The van der Waals surface area contributed by atoms with Crippen LogP contribution in [0.3, 0.4) is 0 Å². The van der Waals surface area contributed by atoms with Crippen LogP contribution in [0.1, 0.15) is 38.7 Å². The van der Waals surface area contributed by atoms with Crippen LogP contribution in [0.4, 0.5) is 0 Å². The van der Waals surface area contributed by atoms with Crippen LogP contribution in [0.25, 0.3) is 0 Å². The molecule has 1 aliphatic rings. The van der Waals surface area contributed by atoms with Gasteiger partial charge in [-0.25, -0.2) is 0 Å². The van der Waals surface area contributed by atoms with Gasteiger partial charge in [0.25, 0.3) is 0 Å². The van der Waals surface area contributed by atoms with Crippen LogP contribution in [0.5, 0.6) is 5.75 Å². The second-order valence-electron chi connectivity index (χ2n) is 6.23. The first-order valence-electron chi connectivity index (χ1n) is 7.53. The largest absolute Gasteiger partial charge is 0.497 e. The molecule has 0 bridgehead atoms. The number of hydrogen-bond donors (Lipinski definition) is 1. The molecule has 0 spiro atoms. The fourth-order valence-corrected chi connectivity index (χ4v) is 2.62. The third-order valence-corrected chi connectivity index (χ3v) is 3.76. The van der Waals surface area contributed by atoms with Crippen molar-refractivity contribution in [3.8, 4) is 5.75 Å². The molecule has 1 atom stereocenters. The molecule has 0 heterocycles. The highest BCUT2D eigenvalue weighted by molar-refractivity contribution is 5.27. The number of hydrogen-bond acceptors (Lipinski definition) is 2. The summed E-state index contributed by atoms with van der Waals surface area (Å²) in [6, 6.07) is 9.34. The van der Waals surface area contributed by atoms with Gasteiger partial charge in [-0.3, -0.25) is 0 Å². The van der Waals surface area contributed by atoms with E-state index in [2.05, 4.69) is 43.4 Å². The molecule has 1 aromatic carbocycles. The molecular weight excluding hydrogens is 234 g/mol. The zero-order chi connectivity index (χ0) is 13.7. The van der Waals surface area contributed by atoms with Crippen molar-refractivity contribution in [1.29, 1.82) is 0 Å². The monoisotopic (exact) mass is 261 g/mol. The van der Waals surface area contributed by atoms with E-state index in [0.717, 1.165) is 30.2 Å². The molecule has 1 unspecified atom stereocenters. The van der Waals surface area contributed by atoms with Crippen LogP contribution in [-0.4, -0.2) is 19.7 Å². The summed E-state index contributed by atoms with van der Waals surface area (Å²) in [5.74, 6) is 2.46. The Bertz CT molecular complexity index is 367. The molecule has 19 heavy (non-hydrogen) atoms. The number of ether oxygens (including phenoxy) is 1. The molecular formula is C17H27NO. The number of rotatable bonds is 8. The van der Waals surface area contributed by atoms with Crippen molar-refractivity contribution in [2.45, 2.75) is 45.6 Å². The molecule has 0 saturated heterocycles. The average Bonchev–Trinajstić information content (AvgIpc) is 3.20. The normalized spacial score (nSPS) is 16.6. The summed E-state index contributed by atoms with van der Waals surface area (Å²) >= 11 is 0. The first-order chi connectivity index (χ1) is 9.17. The number of benzene rings is 1. The van der Waals surface area contributed by atoms with Crippen molar-refractivity contribution >= 4 is 0 Å². The molecule has 0 radical (unpaired) electrons.